The number of ketones is 2. The highest BCUT2D eigenvalue weighted by Gasteiger charge is 2.82. The maximum atomic E-state index is 12.9. The van der Waals surface area contributed by atoms with Crippen LogP contribution in [-0.4, -0.2) is 63.8 Å². The second kappa shape index (κ2) is 6.21. The van der Waals surface area contributed by atoms with Crippen LogP contribution < -0.4 is 17.2 Å². The predicted octanol–water partition coefficient (Wildman–Crippen LogP) is -0.320. The van der Waals surface area contributed by atoms with Crippen molar-refractivity contribution in [2.45, 2.75) is 87.1 Å². The number of aliphatic hydroxyl groups is 2. The average molecular weight is 422 g/mol. The molecule has 3 fully saturated rings. The van der Waals surface area contributed by atoms with Crippen LogP contribution in [-0.2, 0) is 14.3 Å². The van der Waals surface area contributed by atoms with E-state index in [9.17, 15) is 19.8 Å². The Morgan fingerprint density at radius 2 is 1.80 bits per heavy atom. The highest BCUT2D eigenvalue weighted by atomic mass is 16.5. The smallest absolute Gasteiger partial charge is 0.190 e. The van der Waals surface area contributed by atoms with E-state index in [0.29, 0.717) is 32.1 Å². The van der Waals surface area contributed by atoms with Gasteiger partial charge in [0.05, 0.1) is 17.2 Å². The van der Waals surface area contributed by atoms with E-state index < -0.39 is 44.9 Å². The molecule has 7 atom stereocenters. The monoisotopic (exact) mass is 421 g/mol. The van der Waals surface area contributed by atoms with Crippen molar-refractivity contribution in [1.82, 2.24) is 0 Å². The zero-order valence-electron chi connectivity index (χ0n) is 18.2. The summed E-state index contributed by atoms with van der Waals surface area (Å²) in [5, 5.41) is 23.1. The van der Waals surface area contributed by atoms with Gasteiger partial charge in [-0.3, -0.25) is 9.59 Å². The summed E-state index contributed by atoms with van der Waals surface area (Å²) in [7, 11) is 1.40. The number of hydrogen-bond donors (Lipinski definition) is 5. The van der Waals surface area contributed by atoms with Gasteiger partial charge >= 0.3 is 0 Å². The van der Waals surface area contributed by atoms with Gasteiger partial charge in [0, 0.05) is 29.9 Å². The number of nitrogens with two attached hydrogens (primary N) is 3. The zero-order valence-corrected chi connectivity index (χ0v) is 18.2. The van der Waals surface area contributed by atoms with Gasteiger partial charge in [-0.2, -0.15) is 0 Å². The SMILES string of the molecule is COCC(=O)[C@@]1(O)CC[C@]2(N)[C@]1(C)C[C@H](O)[C@@]1(N)[C@@]2(N)CCC2=CC(=O)CC[C@@]21C. The maximum Gasteiger partial charge on any atom is 0.190 e. The van der Waals surface area contributed by atoms with Crippen LogP contribution in [0.1, 0.15) is 58.8 Å². The first-order chi connectivity index (χ1) is 13.8. The fourth-order valence-corrected chi connectivity index (χ4v) is 7.68. The molecule has 3 saturated carbocycles. The summed E-state index contributed by atoms with van der Waals surface area (Å²) >= 11 is 0. The van der Waals surface area contributed by atoms with Crippen molar-refractivity contribution in [1.29, 1.82) is 0 Å². The molecule has 4 aliphatic rings. The van der Waals surface area contributed by atoms with Gasteiger partial charge in [-0.1, -0.05) is 19.4 Å². The van der Waals surface area contributed by atoms with Gasteiger partial charge in [0.25, 0.3) is 0 Å². The number of hydrogen-bond acceptors (Lipinski definition) is 8. The van der Waals surface area contributed by atoms with E-state index in [-0.39, 0.29) is 25.2 Å². The van der Waals surface area contributed by atoms with E-state index in [1.807, 2.05) is 6.92 Å². The molecule has 0 aliphatic heterocycles. The van der Waals surface area contributed by atoms with Gasteiger partial charge in [0.2, 0.25) is 0 Å². The van der Waals surface area contributed by atoms with Crippen LogP contribution in [0, 0.1) is 10.8 Å². The molecule has 0 aromatic carbocycles. The summed E-state index contributed by atoms with van der Waals surface area (Å²) in [6.07, 6.45) is 2.80. The first kappa shape index (κ1) is 22.0. The van der Waals surface area contributed by atoms with E-state index in [4.69, 9.17) is 21.9 Å². The van der Waals surface area contributed by atoms with Crippen LogP contribution in [0.25, 0.3) is 0 Å². The summed E-state index contributed by atoms with van der Waals surface area (Å²) in [6, 6.07) is 0. The Labute approximate surface area is 177 Å². The largest absolute Gasteiger partial charge is 0.391 e. The Morgan fingerprint density at radius 1 is 1.13 bits per heavy atom. The van der Waals surface area contributed by atoms with Gasteiger partial charge in [-0.25, -0.2) is 0 Å². The minimum absolute atomic E-state index is 0.0434. The van der Waals surface area contributed by atoms with Crippen LogP contribution in [0.3, 0.4) is 0 Å². The molecular formula is C22H35N3O5. The van der Waals surface area contributed by atoms with Crippen LogP contribution in [0.4, 0.5) is 0 Å². The molecule has 0 spiro atoms. The van der Waals surface area contributed by atoms with Gasteiger partial charge in [-0.05, 0) is 44.6 Å². The molecule has 0 heterocycles. The normalized spacial score (nSPS) is 52.9. The first-order valence-electron chi connectivity index (χ1n) is 10.8. The van der Waals surface area contributed by atoms with Gasteiger partial charge < -0.3 is 32.2 Å². The Morgan fingerprint density at radius 3 is 2.43 bits per heavy atom. The van der Waals surface area contributed by atoms with E-state index in [1.54, 1.807) is 13.0 Å². The molecule has 0 aromatic heterocycles. The highest BCUT2D eigenvalue weighted by molar-refractivity contribution is 5.92. The molecule has 0 amide bonds. The zero-order chi connectivity index (χ0) is 22.4. The number of carbonyl (C=O) groups is 2. The first-order valence-corrected chi connectivity index (χ1v) is 10.8. The molecule has 0 bridgehead atoms. The van der Waals surface area contributed by atoms with Crippen LogP contribution >= 0.6 is 0 Å². The predicted molar refractivity (Wildman–Crippen MR) is 110 cm³/mol. The lowest BCUT2D eigenvalue weighted by atomic mass is 9.37. The quantitative estimate of drug-likeness (QED) is 0.414. The number of ether oxygens (including phenoxy) is 1. The third kappa shape index (κ3) is 2.08. The van der Waals surface area contributed by atoms with Crippen molar-refractivity contribution in [2.24, 2.45) is 28.0 Å². The summed E-state index contributed by atoms with van der Waals surface area (Å²) in [5.74, 6) is -0.389. The van der Waals surface area contributed by atoms with Gasteiger partial charge in [0.15, 0.2) is 11.6 Å². The minimum atomic E-state index is -1.76. The fourth-order valence-electron chi connectivity index (χ4n) is 7.68. The number of fused-ring (bicyclic) bond motifs is 5. The summed E-state index contributed by atoms with van der Waals surface area (Å²) in [4.78, 5) is 25.0. The summed E-state index contributed by atoms with van der Waals surface area (Å²) in [6.45, 7) is 3.48. The van der Waals surface area contributed by atoms with Crippen LogP contribution in [0.5, 0.6) is 0 Å². The Balaban J connectivity index is 1.89. The van der Waals surface area contributed by atoms with E-state index >= 15 is 0 Å². The van der Waals surface area contributed by atoms with Crippen LogP contribution in [0.15, 0.2) is 11.6 Å². The van der Waals surface area contributed by atoms with Crippen molar-refractivity contribution in [3.63, 3.8) is 0 Å². The molecule has 0 unspecified atom stereocenters. The second-order valence-corrected chi connectivity index (χ2v) is 10.5. The lowest BCUT2D eigenvalue weighted by molar-refractivity contribution is -0.202. The number of rotatable bonds is 3. The number of aliphatic hydroxyl groups excluding tert-OH is 1. The summed E-state index contributed by atoms with van der Waals surface area (Å²) in [5.41, 5.74) is 14.9. The standard InChI is InChI=1S/C22H35N3O5/c1-17-6-5-14(26)10-13(17)4-7-21(24)20(23)9-8-19(29,16(28)12-30-3)18(20,2)11-15(27)22(17,21)25/h10,15,27,29H,4-9,11-12,23-25H2,1-3H3/t15-,17-,18+,19-,20-,21+,22-/m0/s1. The van der Waals surface area contributed by atoms with Crippen molar-refractivity contribution in [3.05, 3.63) is 11.6 Å². The third-order valence-electron chi connectivity index (χ3n) is 9.79. The molecule has 8 N–H and O–H groups in total. The Hall–Kier alpha value is -1.16. The van der Waals surface area contributed by atoms with Crippen molar-refractivity contribution < 1.29 is 24.5 Å². The molecule has 0 radical (unpaired) electrons. The van der Waals surface area contributed by atoms with E-state index in [0.717, 1.165) is 5.57 Å². The molecule has 8 nitrogen and oxygen atoms in total. The lowest BCUT2D eigenvalue weighted by Gasteiger charge is -2.73. The number of methoxy groups -OCH3 is 1. The fraction of sp³-hybridized carbons (Fsp3) is 0.818. The molecule has 30 heavy (non-hydrogen) atoms. The molecule has 0 aromatic rings. The number of carbonyl (C=O) groups excluding carboxylic acids is 2. The topological polar surface area (TPSA) is 162 Å². The Kier molecular flexibility index (Phi) is 4.56. The highest BCUT2D eigenvalue weighted by Crippen LogP contribution is 2.69. The van der Waals surface area contributed by atoms with Crippen LogP contribution in [0.2, 0.25) is 0 Å². The molecule has 168 valence electrons. The molecule has 4 aliphatic carbocycles. The molecular weight excluding hydrogens is 386 g/mol. The van der Waals surface area contributed by atoms with Crippen molar-refractivity contribution in [2.75, 3.05) is 13.7 Å². The van der Waals surface area contributed by atoms with E-state index in [1.165, 1.54) is 7.11 Å². The van der Waals surface area contributed by atoms with Gasteiger partial charge in [0.1, 0.15) is 12.2 Å². The molecule has 4 rings (SSSR count). The third-order valence-corrected chi connectivity index (χ3v) is 9.79. The Bertz CT molecular complexity index is 847. The van der Waals surface area contributed by atoms with E-state index in [2.05, 4.69) is 0 Å². The molecule has 8 heteroatoms. The summed E-state index contributed by atoms with van der Waals surface area (Å²) < 4.78 is 5.01. The van der Waals surface area contributed by atoms with Gasteiger partial charge in [-0.15, -0.1) is 0 Å². The van der Waals surface area contributed by atoms with Crippen molar-refractivity contribution in [3.8, 4) is 0 Å². The number of Topliss-reactive ketones (excluding diaryl/α,β-unsaturated/α-hetero) is 1. The minimum Gasteiger partial charge on any atom is -0.391 e. The lowest BCUT2D eigenvalue weighted by Crippen LogP contribution is -2.93. The second-order valence-electron chi connectivity index (χ2n) is 10.5. The average Bonchev–Trinajstić information content (AvgIpc) is 2.89. The van der Waals surface area contributed by atoms with Crippen molar-refractivity contribution >= 4 is 11.6 Å². The molecule has 0 saturated heterocycles. The maximum absolute atomic E-state index is 12.9.